The molecule has 8 heteroatoms. The van der Waals surface area contributed by atoms with Crippen molar-refractivity contribution >= 4 is 56.5 Å². The van der Waals surface area contributed by atoms with Crippen LogP contribution in [0.2, 0.25) is 0 Å². The highest BCUT2D eigenvalue weighted by atomic mass is 79.9. The zero-order chi connectivity index (χ0) is 18.8. The van der Waals surface area contributed by atoms with Crippen LogP contribution in [0.25, 0.3) is 0 Å². The Hall–Kier alpha value is -1.38. The van der Waals surface area contributed by atoms with Crippen molar-refractivity contribution in [2.75, 3.05) is 4.90 Å². The lowest BCUT2D eigenvalue weighted by atomic mass is 9.64. The van der Waals surface area contributed by atoms with Gasteiger partial charge in [-0.15, -0.1) is 0 Å². The Morgan fingerprint density at radius 3 is 2.44 bits per heavy atom. The summed E-state index contributed by atoms with van der Waals surface area (Å²) in [7, 11) is 0. The topological polar surface area (TPSA) is 70.2 Å². The van der Waals surface area contributed by atoms with Gasteiger partial charge in [-0.2, -0.15) is 0 Å². The van der Waals surface area contributed by atoms with Gasteiger partial charge in [0, 0.05) is 14.8 Å². The maximum absolute atomic E-state index is 13.5. The van der Waals surface area contributed by atoms with E-state index in [0.717, 1.165) is 46.5 Å². The zero-order valence-corrected chi connectivity index (χ0v) is 17.6. The van der Waals surface area contributed by atoms with Crippen LogP contribution in [0.15, 0.2) is 38.6 Å². The number of hydrogen-bond donors (Lipinski definition) is 1. The minimum absolute atomic E-state index is 0.0953. The summed E-state index contributed by atoms with van der Waals surface area (Å²) >= 11 is 5.99. The molecule has 5 nitrogen and oxygen atoms in total. The summed E-state index contributed by atoms with van der Waals surface area (Å²) in [5.41, 5.74) is 0.232. The molecule has 5 rings (SSSR count). The van der Waals surface area contributed by atoms with Crippen molar-refractivity contribution in [2.24, 2.45) is 5.92 Å². The summed E-state index contributed by atoms with van der Waals surface area (Å²) in [6.45, 7) is 0. The summed E-state index contributed by atoms with van der Waals surface area (Å²) in [5, 5.41) is 0.337. The Morgan fingerprint density at radius 2 is 1.74 bits per heavy atom. The normalized spacial score (nSPS) is 26.3. The van der Waals surface area contributed by atoms with Crippen LogP contribution in [0.5, 0.6) is 0 Å². The van der Waals surface area contributed by atoms with Gasteiger partial charge in [0.05, 0.1) is 16.6 Å². The Balaban J connectivity index is 1.64. The molecule has 27 heavy (non-hydrogen) atoms. The Bertz CT molecular complexity index is 991. The molecule has 0 bridgehead atoms. The van der Waals surface area contributed by atoms with Gasteiger partial charge in [-0.3, -0.25) is 14.4 Å². The molecule has 2 aliphatic heterocycles. The molecule has 3 aliphatic rings. The summed E-state index contributed by atoms with van der Waals surface area (Å²) < 4.78 is 0.903. The number of hydrogen-bond acceptors (Lipinski definition) is 5. The molecule has 1 spiro atoms. The molecule has 1 aromatic heterocycles. The highest BCUT2D eigenvalue weighted by molar-refractivity contribution is 9.10. The molecular weight excluding hydrogens is 448 g/mol. The summed E-state index contributed by atoms with van der Waals surface area (Å²) in [6.07, 6.45) is 4.92. The number of H-pyrrole nitrogens is 1. The highest BCUT2D eigenvalue weighted by Crippen LogP contribution is 2.59. The van der Waals surface area contributed by atoms with Gasteiger partial charge in [0.15, 0.2) is 0 Å². The number of carbonyl (C=O) groups is 2. The summed E-state index contributed by atoms with van der Waals surface area (Å²) in [6, 6.07) is 7.28. The molecule has 1 aromatic carbocycles. The van der Waals surface area contributed by atoms with E-state index in [-0.39, 0.29) is 22.1 Å². The van der Waals surface area contributed by atoms with Crippen LogP contribution in [0.1, 0.15) is 37.0 Å². The molecule has 1 saturated heterocycles. The van der Waals surface area contributed by atoms with E-state index in [1.807, 2.05) is 12.1 Å². The van der Waals surface area contributed by atoms with Gasteiger partial charge in [-0.25, -0.2) is 4.90 Å². The van der Waals surface area contributed by atoms with E-state index in [4.69, 9.17) is 0 Å². The number of anilines is 1. The van der Waals surface area contributed by atoms with Gasteiger partial charge >= 0.3 is 4.87 Å². The third-order valence-corrected chi connectivity index (χ3v) is 9.02. The largest absolute Gasteiger partial charge is 0.307 e. The second-order valence-corrected chi connectivity index (χ2v) is 10.4. The number of thioether (sulfide) groups is 1. The number of aromatic nitrogens is 1. The quantitative estimate of drug-likeness (QED) is 0.645. The maximum Gasteiger partial charge on any atom is 0.305 e. The molecule has 1 N–H and O–H groups in total. The summed E-state index contributed by atoms with van der Waals surface area (Å²) in [5.74, 6) is -0.675. The number of rotatable bonds is 1. The molecule has 2 amide bonds. The molecule has 0 unspecified atom stereocenters. The van der Waals surface area contributed by atoms with Gasteiger partial charge in [0.1, 0.15) is 5.25 Å². The number of amides is 2. The molecular formula is C19H17BrN2O3S2. The van der Waals surface area contributed by atoms with E-state index in [0.29, 0.717) is 5.69 Å². The smallest absolute Gasteiger partial charge is 0.305 e. The minimum Gasteiger partial charge on any atom is -0.307 e. The first-order valence-corrected chi connectivity index (χ1v) is 11.5. The second kappa shape index (κ2) is 6.32. The SMILES string of the molecule is O=C1[C@H]2Sc3[nH]c(=O)sc3C3(CCCCC3)[C@H]2C(=O)N1c1ccc(Br)cc1. The van der Waals surface area contributed by atoms with Crippen molar-refractivity contribution in [3.63, 3.8) is 0 Å². The van der Waals surface area contributed by atoms with Gasteiger partial charge in [0.2, 0.25) is 11.8 Å². The number of imide groups is 1. The number of halogens is 1. The van der Waals surface area contributed by atoms with Crippen LogP contribution in [0.3, 0.4) is 0 Å². The molecule has 140 valence electrons. The van der Waals surface area contributed by atoms with Gasteiger partial charge in [0.25, 0.3) is 0 Å². The van der Waals surface area contributed by atoms with Crippen molar-refractivity contribution in [3.05, 3.63) is 43.3 Å². The fourth-order valence-electron chi connectivity index (χ4n) is 4.85. The predicted molar refractivity (Wildman–Crippen MR) is 109 cm³/mol. The second-order valence-electron chi connectivity index (χ2n) is 7.39. The van der Waals surface area contributed by atoms with E-state index in [1.54, 1.807) is 12.1 Å². The number of fused-ring (bicyclic) bond motifs is 4. The number of nitrogens with zero attached hydrogens (tertiary/aromatic N) is 1. The van der Waals surface area contributed by atoms with Crippen LogP contribution in [0, 0.1) is 5.92 Å². The highest BCUT2D eigenvalue weighted by Gasteiger charge is 2.62. The Kier molecular flexibility index (Phi) is 4.14. The van der Waals surface area contributed by atoms with Crippen LogP contribution >= 0.6 is 39.0 Å². The first-order chi connectivity index (χ1) is 13.0. The van der Waals surface area contributed by atoms with Crippen LogP contribution in [0.4, 0.5) is 5.69 Å². The number of thiazole rings is 1. The molecule has 2 fully saturated rings. The molecule has 0 radical (unpaired) electrons. The predicted octanol–water partition coefficient (Wildman–Crippen LogP) is 4.06. The van der Waals surface area contributed by atoms with Gasteiger partial charge in [-0.05, 0) is 37.1 Å². The lowest BCUT2D eigenvalue weighted by Gasteiger charge is -2.44. The first-order valence-electron chi connectivity index (χ1n) is 9.05. The van der Waals surface area contributed by atoms with Crippen molar-refractivity contribution in [2.45, 2.75) is 47.8 Å². The van der Waals surface area contributed by atoms with E-state index in [1.165, 1.54) is 28.0 Å². The lowest BCUT2D eigenvalue weighted by Crippen LogP contribution is -2.46. The summed E-state index contributed by atoms with van der Waals surface area (Å²) in [4.78, 5) is 44.0. The average molecular weight is 465 g/mol. The van der Waals surface area contributed by atoms with Crippen LogP contribution in [-0.4, -0.2) is 22.0 Å². The van der Waals surface area contributed by atoms with Crippen molar-refractivity contribution < 1.29 is 9.59 Å². The van der Waals surface area contributed by atoms with Crippen molar-refractivity contribution in [1.29, 1.82) is 0 Å². The number of nitrogens with one attached hydrogen (secondary N) is 1. The Morgan fingerprint density at radius 1 is 1.04 bits per heavy atom. The maximum atomic E-state index is 13.5. The molecule has 2 aromatic rings. The molecule has 2 atom stereocenters. The van der Waals surface area contributed by atoms with Crippen LogP contribution < -0.4 is 9.77 Å². The van der Waals surface area contributed by atoms with Gasteiger partial charge in [-0.1, -0.05) is 58.3 Å². The minimum atomic E-state index is -0.461. The van der Waals surface area contributed by atoms with E-state index in [2.05, 4.69) is 20.9 Å². The monoisotopic (exact) mass is 464 g/mol. The fourth-order valence-corrected chi connectivity index (χ4v) is 7.90. The number of benzene rings is 1. The van der Waals surface area contributed by atoms with E-state index in [9.17, 15) is 14.4 Å². The number of aromatic amines is 1. The van der Waals surface area contributed by atoms with Crippen LogP contribution in [-0.2, 0) is 15.0 Å². The standard InChI is InChI=1S/C19H17BrN2O3S2/c20-10-4-6-11(7-5-10)22-16(23)12-13(17(22)24)26-15-14(27-18(25)21-15)19(12)8-2-1-3-9-19/h4-7,12-13H,1-3,8-9H2,(H,21,25)/t12-,13+/m1/s1. The zero-order valence-electron chi connectivity index (χ0n) is 14.4. The fraction of sp³-hybridized carbons (Fsp3) is 0.421. The lowest BCUT2D eigenvalue weighted by molar-refractivity contribution is -0.123. The number of carbonyl (C=O) groups excluding carboxylic acids is 2. The molecule has 1 saturated carbocycles. The first kappa shape index (κ1) is 17.7. The van der Waals surface area contributed by atoms with Gasteiger partial charge < -0.3 is 4.98 Å². The average Bonchev–Trinajstić information content (AvgIpc) is 3.16. The van der Waals surface area contributed by atoms with E-state index < -0.39 is 11.2 Å². The third kappa shape index (κ3) is 2.53. The van der Waals surface area contributed by atoms with Crippen molar-refractivity contribution in [3.8, 4) is 0 Å². The Labute approximate surface area is 172 Å². The van der Waals surface area contributed by atoms with E-state index >= 15 is 0 Å². The van der Waals surface area contributed by atoms with Crippen molar-refractivity contribution in [1.82, 2.24) is 4.98 Å². The third-order valence-electron chi connectivity index (χ3n) is 5.99. The molecule has 3 heterocycles. The molecule has 1 aliphatic carbocycles.